The number of carbonyl (C=O) groups is 1. The molecule has 0 unspecified atom stereocenters. The van der Waals surface area contributed by atoms with Crippen LogP contribution < -0.4 is 10.2 Å². The summed E-state index contributed by atoms with van der Waals surface area (Å²) in [6.45, 7) is 10.7. The summed E-state index contributed by atoms with van der Waals surface area (Å²) in [7, 11) is 0. The van der Waals surface area contributed by atoms with Crippen molar-refractivity contribution in [3.8, 4) is 0 Å². The number of amides is 1. The number of piperidine rings is 1. The quantitative estimate of drug-likeness (QED) is 0.849. The number of anilines is 1. The molecule has 6 heteroatoms. The molecule has 2 heterocycles. The number of rotatable bonds is 5. The van der Waals surface area contributed by atoms with Crippen LogP contribution in [0.15, 0.2) is 24.3 Å². The van der Waals surface area contributed by atoms with E-state index in [-0.39, 0.29) is 11.3 Å². The van der Waals surface area contributed by atoms with Crippen molar-refractivity contribution in [1.29, 1.82) is 0 Å². The fraction of sp³-hybridized carbons (Fsp3) is 0.571. The van der Waals surface area contributed by atoms with Gasteiger partial charge in [-0.3, -0.25) is 4.79 Å². The fourth-order valence-electron chi connectivity index (χ4n) is 3.16. The number of aromatic nitrogens is 2. The highest BCUT2D eigenvalue weighted by Gasteiger charge is 2.25. The van der Waals surface area contributed by atoms with E-state index in [4.69, 9.17) is 4.98 Å². The average molecular weight is 387 g/mol. The minimum absolute atomic E-state index is 0.134. The first-order valence-electron chi connectivity index (χ1n) is 9.72. The molecular formula is C21H30N4OS. The van der Waals surface area contributed by atoms with Gasteiger partial charge in [-0.2, -0.15) is 4.37 Å². The predicted molar refractivity (Wildman–Crippen MR) is 111 cm³/mol. The lowest BCUT2D eigenvalue weighted by Gasteiger charge is -2.32. The van der Waals surface area contributed by atoms with Gasteiger partial charge in [0, 0.05) is 43.0 Å². The van der Waals surface area contributed by atoms with Crippen molar-refractivity contribution in [2.75, 3.05) is 24.5 Å². The number of nitrogens with one attached hydrogen (secondary N) is 1. The maximum Gasteiger partial charge on any atom is 0.225 e. The molecule has 1 aliphatic heterocycles. The van der Waals surface area contributed by atoms with Gasteiger partial charge in [0.05, 0.1) is 0 Å². The molecule has 1 aromatic carbocycles. The Labute approximate surface area is 166 Å². The zero-order valence-electron chi connectivity index (χ0n) is 16.8. The lowest BCUT2D eigenvalue weighted by molar-refractivity contribution is -0.128. The Morgan fingerprint density at radius 1 is 1.22 bits per heavy atom. The lowest BCUT2D eigenvalue weighted by Crippen LogP contribution is -2.41. The van der Waals surface area contributed by atoms with Crippen LogP contribution in [-0.4, -0.2) is 34.9 Å². The number of benzene rings is 1. The topological polar surface area (TPSA) is 58.1 Å². The summed E-state index contributed by atoms with van der Waals surface area (Å²) in [5.74, 6) is 1.58. The van der Waals surface area contributed by atoms with Gasteiger partial charge in [0.1, 0.15) is 5.82 Å². The molecular weight excluding hydrogens is 356 g/mol. The molecule has 27 heavy (non-hydrogen) atoms. The van der Waals surface area contributed by atoms with Crippen LogP contribution in [0.25, 0.3) is 0 Å². The molecule has 1 aliphatic rings. The van der Waals surface area contributed by atoms with Crippen LogP contribution in [0.5, 0.6) is 0 Å². The number of hydrogen-bond acceptors (Lipinski definition) is 5. The largest absolute Gasteiger partial charge is 0.355 e. The summed E-state index contributed by atoms with van der Waals surface area (Å²) < 4.78 is 4.55. The first-order valence-corrected chi connectivity index (χ1v) is 10.5. The maximum atomic E-state index is 12.0. The predicted octanol–water partition coefficient (Wildman–Crippen LogP) is 3.82. The second-order valence-electron chi connectivity index (χ2n) is 8.55. The molecule has 1 fully saturated rings. The molecule has 1 amide bonds. The molecule has 1 saturated heterocycles. The van der Waals surface area contributed by atoms with Crippen LogP contribution >= 0.6 is 11.5 Å². The van der Waals surface area contributed by atoms with Crippen LogP contribution in [0, 0.1) is 18.3 Å². The third-order valence-corrected chi connectivity index (χ3v) is 5.87. The second-order valence-corrected chi connectivity index (χ2v) is 9.28. The van der Waals surface area contributed by atoms with Crippen LogP contribution in [0.4, 0.5) is 5.13 Å². The Morgan fingerprint density at radius 3 is 2.52 bits per heavy atom. The van der Waals surface area contributed by atoms with Crippen molar-refractivity contribution in [3.63, 3.8) is 0 Å². The molecule has 0 saturated carbocycles. The number of nitrogens with zero attached hydrogens (tertiary/aromatic N) is 3. The molecule has 2 aromatic rings. The Morgan fingerprint density at radius 2 is 1.89 bits per heavy atom. The molecule has 146 valence electrons. The van der Waals surface area contributed by atoms with E-state index in [1.807, 2.05) is 20.8 Å². The van der Waals surface area contributed by atoms with Gasteiger partial charge in [0.15, 0.2) is 0 Å². The van der Waals surface area contributed by atoms with Gasteiger partial charge < -0.3 is 10.2 Å². The van der Waals surface area contributed by atoms with Crippen LogP contribution in [-0.2, 0) is 11.2 Å². The molecule has 1 N–H and O–H groups in total. The SMILES string of the molecule is Cc1ccc(Cc2nsc(N3CCC(CNC(=O)C(C)(C)C)CC3)n2)cc1. The van der Waals surface area contributed by atoms with E-state index in [0.29, 0.717) is 5.92 Å². The Bertz CT molecular complexity index is 755. The zero-order valence-corrected chi connectivity index (χ0v) is 17.6. The van der Waals surface area contributed by atoms with Crippen LogP contribution in [0.2, 0.25) is 0 Å². The van der Waals surface area contributed by atoms with Crippen LogP contribution in [0.3, 0.4) is 0 Å². The zero-order chi connectivity index (χ0) is 19.4. The third kappa shape index (κ3) is 5.51. The normalized spacial score (nSPS) is 15.8. The first-order chi connectivity index (χ1) is 12.8. The van der Waals surface area contributed by atoms with Crippen molar-refractivity contribution in [3.05, 3.63) is 41.2 Å². The van der Waals surface area contributed by atoms with E-state index < -0.39 is 0 Å². The highest BCUT2D eigenvalue weighted by molar-refractivity contribution is 7.09. The first kappa shape index (κ1) is 19.8. The van der Waals surface area contributed by atoms with Gasteiger partial charge in [-0.25, -0.2) is 4.98 Å². The molecule has 0 bridgehead atoms. The van der Waals surface area contributed by atoms with Crippen molar-refractivity contribution >= 4 is 22.6 Å². The maximum absolute atomic E-state index is 12.0. The Hall–Kier alpha value is -1.95. The summed E-state index contributed by atoms with van der Waals surface area (Å²) in [6.07, 6.45) is 2.95. The molecule has 0 spiro atoms. The van der Waals surface area contributed by atoms with Gasteiger partial charge in [-0.15, -0.1) is 0 Å². The van der Waals surface area contributed by atoms with Gasteiger partial charge in [-0.05, 0) is 31.2 Å². The van der Waals surface area contributed by atoms with Crippen molar-refractivity contribution in [2.45, 2.75) is 47.0 Å². The smallest absolute Gasteiger partial charge is 0.225 e. The summed E-state index contributed by atoms with van der Waals surface area (Å²) in [6, 6.07) is 8.55. The van der Waals surface area contributed by atoms with E-state index >= 15 is 0 Å². The monoisotopic (exact) mass is 386 g/mol. The van der Waals surface area contributed by atoms with Gasteiger partial charge in [0.2, 0.25) is 11.0 Å². The molecule has 3 rings (SSSR count). The fourth-order valence-corrected chi connectivity index (χ4v) is 3.90. The van der Waals surface area contributed by atoms with Crippen molar-refractivity contribution < 1.29 is 4.79 Å². The minimum atomic E-state index is -0.318. The highest BCUT2D eigenvalue weighted by Crippen LogP contribution is 2.25. The average Bonchev–Trinajstić information content (AvgIpc) is 3.10. The number of hydrogen-bond donors (Lipinski definition) is 1. The minimum Gasteiger partial charge on any atom is -0.355 e. The van der Waals surface area contributed by atoms with E-state index in [0.717, 1.165) is 49.9 Å². The van der Waals surface area contributed by atoms with Gasteiger partial charge in [0.25, 0.3) is 0 Å². The standard InChI is InChI=1S/C21H30N4OS/c1-15-5-7-16(8-6-15)13-18-23-20(27-24-18)25-11-9-17(10-12-25)14-22-19(26)21(2,3)4/h5-8,17H,9-14H2,1-4H3,(H,22,26). The van der Waals surface area contributed by atoms with Crippen molar-refractivity contribution in [2.24, 2.45) is 11.3 Å². The summed E-state index contributed by atoms with van der Waals surface area (Å²) >= 11 is 1.50. The molecule has 1 aromatic heterocycles. The van der Waals surface area contributed by atoms with Crippen molar-refractivity contribution in [1.82, 2.24) is 14.7 Å². The van der Waals surface area contributed by atoms with Gasteiger partial charge in [-0.1, -0.05) is 50.6 Å². The number of aryl methyl sites for hydroxylation is 1. The summed E-state index contributed by atoms with van der Waals surface area (Å²) in [5, 5.41) is 4.12. The summed E-state index contributed by atoms with van der Waals surface area (Å²) in [5.41, 5.74) is 2.20. The second kappa shape index (κ2) is 8.38. The van der Waals surface area contributed by atoms with E-state index in [2.05, 4.69) is 45.8 Å². The Kier molecular flexibility index (Phi) is 6.15. The van der Waals surface area contributed by atoms with E-state index in [1.54, 1.807) is 0 Å². The van der Waals surface area contributed by atoms with Gasteiger partial charge >= 0.3 is 0 Å². The van der Waals surface area contributed by atoms with Crippen LogP contribution in [0.1, 0.15) is 50.6 Å². The third-order valence-electron chi connectivity index (χ3n) is 5.06. The van der Waals surface area contributed by atoms with E-state index in [9.17, 15) is 4.79 Å². The molecule has 0 atom stereocenters. The highest BCUT2D eigenvalue weighted by atomic mass is 32.1. The molecule has 0 aliphatic carbocycles. The Balaban J connectivity index is 1.48. The number of carbonyl (C=O) groups excluding carboxylic acids is 1. The molecule has 0 radical (unpaired) electrons. The lowest BCUT2D eigenvalue weighted by atomic mass is 9.93. The van der Waals surface area contributed by atoms with E-state index in [1.165, 1.54) is 22.7 Å². The molecule has 5 nitrogen and oxygen atoms in total. The summed E-state index contributed by atoms with van der Waals surface area (Å²) in [4.78, 5) is 19.1.